The number of nitrogens with one attached hydrogen (secondary N) is 1. The Morgan fingerprint density at radius 1 is 0.943 bits per heavy atom. The predicted octanol–water partition coefficient (Wildman–Crippen LogP) is 7.18. The van der Waals surface area contributed by atoms with Gasteiger partial charge in [0.15, 0.2) is 0 Å². The number of hydrogen-bond donors (Lipinski definition) is 1. The molecule has 0 aliphatic heterocycles. The third-order valence-corrected chi connectivity index (χ3v) is 5.34. The molecule has 0 heterocycles. The van der Waals surface area contributed by atoms with Gasteiger partial charge in [-0.2, -0.15) is 0 Å². The molecule has 0 radical (unpaired) electrons. The van der Waals surface area contributed by atoms with Crippen LogP contribution in [0, 0.1) is 17.0 Å². The van der Waals surface area contributed by atoms with Crippen LogP contribution >= 0.6 is 11.6 Å². The molecule has 0 atom stereocenters. The second-order valence-electron chi connectivity index (χ2n) is 7.76. The minimum Gasteiger partial charge on any atom is -0.487 e. The number of nitro groups is 1. The Labute approximate surface area is 207 Å². The number of benzene rings is 4. The topological polar surface area (TPSA) is 90.7 Å². The van der Waals surface area contributed by atoms with Gasteiger partial charge in [-0.3, -0.25) is 14.9 Å². The summed E-state index contributed by atoms with van der Waals surface area (Å²) in [5.74, 6) is 0.945. The fourth-order valence-corrected chi connectivity index (χ4v) is 3.50. The van der Waals surface area contributed by atoms with Gasteiger partial charge >= 0.3 is 0 Å². The third kappa shape index (κ3) is 6.37. The van der Waals surface area contributed by atoms with Crippen LogP contribution < -0.4 is 14.8 Å². The Morgan fingerprint density at radius 2 is 1.71 bits per heavy atom. The van der Waals surface area contributed by atoms with Crippen molar-refractivity contribution < 1.29 is 19.2 Å². The zero-order valence-corrected chi connectivity index (χ0v) is 19.5. The number of nitro benzene ring substituents is 1. The van der Waals surface area contributed by atoms with Gasteiger partial charge in [0.05, 0.1) is 21.7 Å². The fourth-order valence-electron chi connectivity index (χ4n) is 3.31. The quantitative estimate of drug-likeness (QED) is 0.209. The summed E-state index contributed by atoms with van der Waals surface area (Å²) in [5, 5.41) is 14.6. The first-order valence-electron chi connectivity index (χ1n) is 10.7. The van der Waals surface area contributed by atoms with Gasteiger partial charge in [-0.1, -0.05) is 48.0 Å². The standard InChI is InChI=1S/C27H21ClN2O5/c1-18-5-4-6-23(13-18)35-24-15-21(14-22(16-24)30(32)33)29-27(31)20-11-9-19(10-12-20)17-34-26-8-3-2-7-25(26)28/h2-16H,17H2,1H3,(H,29,31). The van der Waals surface area contributed by atoms with E-state index < -0.39 is 10.8 Å². The van der Waals surface area contributed by atoms with Crippen molar-refractivity contribution in [1.29, 1.82) is 0 Å². The van der Waals surface area contributed by atoms with Crippen molar-refractivity contribution in [2.45, 2.75) is 13.5 Å². The SMILES string of the molecule is Cc1cccc(Oc2cc(NC(=O)c3ccc(COc4ccccc4Cl)cc3)cc([N+](=O)[O-])c2)c1. The van der Waals surface area contributed by atoms with Crippen LogP contribution in [-0.2, 0) is 6.61 Å². The Morgan fingerprint density at radius 3 is 2.43 bits per heavy atom. The maximum absolute atomic E-state index is 12.8. The Hall–Kier alpha value is -4.36. The second kappa shape index (κ2) is 10.7. The normalized spacial score (nSPS) is 10.5. The Balaban J connectivity index is 1.46. The number of aryl methyl sites for hydroxylation is 1. The molecular weight excluding hydrogens is 468 g/mol. The van der Waals surface area contributed by atoms with Gasteiger partial charge in [0.1, 0.15) is 23.9 Å². The number of non-ortho nitro benzene ring substituents is 1. The molecule has 0 aliphatic rings. The second-order valence-corrected chi connectivity index (χ2v) is 8.17. The van der Waals surface area contributed by atoms with E-state index in [0.29, 0.717) is 22.1 Å². The molecule has 35 heavy (non-hydrogen) atoms. The lowest BCUT2D eigenvalue weighted by Gasteiger charge is -2.11. The summed E-state index contributed by atoms with van der Waals surface area (Å²) in [6.45, 7) is 2.20. The van der Waals surface area contributed by atoms with Crippen molar-refractivity contribution >= 4 is 28.9 Å². The summed E-state index contributed by atoms with van der Waals surface area (Å²) in [6.07, 6.45) is 0. The van der Waals surface area contributed by atoms with Gasteiger partial charge < -0.3 is 14.8 Å². The van der Waals surface area contributed by atoms with E-state index in [1.165, 1.54) is 12.1 Å². The summed E-state index contributed by atoms with van der Waals surface area (Å²) in [5.41, 5.74) is 2.28. The molecule has 0 unspecified atom stereocenters. The highest BCUT2D eigenvalue weighted by molar-refractivity contribution is 6.32. The van der Waals surface area contributed by atoms with E-state index in [0.717, 1.165) is 11.1 Å². The molecule has 0 spiro atoms. The first kappa shape index (κ1) is 23.8. The molecule has 4 aromatic rings. The summed E-state index contributed by atoms with van der Waals surface area (Å²) in [6, 6.07) is 25.5. The smallest absolute Gasteiger partial charge is 0.275 e. The van der Waals surface area contributed by atoms with Crippen molar-refractivity contribution in [2.75, 3.05) is 5.32 Å². The van der Waals surface area contributed by atoms with Gasteiger partial charge in [0.2, 0.25) is 0 Å². The summed E-state index contributed by atoms with van der Waals surface area (Å²) < 4.78 is 11.5. The van der Waals surface area contributed by atoms with Crippen LogP contribution in [0.15, 0.2) is 91.0 Å². The zero-order chi connectivity index (χ0) is 24.8. The van der Waals surface area contributed by atoms with Crippen LogP contribution in [0.3, 0.4) is 0 Å². The molecule has 0 aromatic heterocycles. The number of hydrogen-bond acceptors (Lipinski definition) is 5. The Bertz CT molecular complexity index is 1370. The lowest BCUT2D eigenvalue weighted by Crippen LogP contribution is -2.12. The molecule has 4 rings (SSSR count). The average molecular weight is 489 g/mol. The zero-order valence-electron chi connectivity index (χ0n) is 18.7. The van der Waals surface area contributed by atoms with Gasteiger partial charge in [-0.25, -0.2) is 0 Å². The molecule has 0 saturated heterocycles. The maximum Gasteiger partial charge on any atom is 0.275 e. The van der Waals surface area contributed by atoms with E-state index in [1.54, 1.807) is 48.5 Å². The minimum atomic E-state index is -0.535. The van der Waals surface area contributed by atoms with Crippen LogP contribution in [-0.4, -0.2) is 10.8 Å². The van der Waals surface area contributed by atoms with Crippen molar-refractivity contribution in [3.63, 3.8) is 0 Å². The molecule has 4 aromatic carbocycles. The van der Waals surface area contributed by atoms with Gasteiger partial charge in [-0.05, 0) is 54.4 Å². The van der Waals surface area contributed by atoms with Crippen LogP contribution in [0.25, 0.3) is 0 Å². The molecule has 176 valence electrons. The highest BCUT2D eigenvalue weighted by atomic mass is 35.5. The van der Waals surface area contributed by atoms with Crippen molar-refractivity contribution in [3.05, 3.63) is 123 Å². The van der Waals surface area contributed by atoms with E-state index in [9.17, 15) is 14.9 Å². The molecule has 8 heteroatoms. The van der Waals surface area contributed by atoms with Crippen LogP contribution in [0.1, 0.15) is 21.5 Å². The number of para-hydroxylation sites is 1. The molecule has 0 saturated carbocycles. The highest BCUT2D eigenvalue weighted by Gasteiger charge is 2.14. The van der Waals surface area contributed by atoms with Gasteiger partial charge in [-0.15, -0.1) is 0 Å². The van der Waals surface area contributed by atoms with Gasteiger partial charge in [0, 0.05) is 17.7 Å². The van der Waals surface area contributed by atoms with E-state index in [-0.39, 0.29) is 23.7 Å². The monoisotopic (exact) mass is 488 g/mol. The number of rotatable bonds is 8. The number of halogens is 1. The fraction of sp³-hybridized carbons (Fsp3) is 0.0741. The largest absolute Gasteiger partial charge is 0.487 e. The molecule has 0 aliphatic carbocycles. The highest BCUT2D eigenvalue weighted by Crippen LogP contribution is 2.30. The number of amides is 1. The van der Waals surface area contributed by atoms with Crippen LogP contribution in [0.5, 0.6) is 17.2 Å². The van der Waals surface area contributed by atoms with Crippen LogP contribution in [0.2, 0.25) is 5.02 Å². The first-order valence-corrected chi connectivity index (χ1v) is 11.1. The van der Waals surface area contributed by atoms with Crippen LogP contribution in [0.4, 0.5) is 11.4 Å². The third-order valence-electron chi connectivity index (χ3n) is 5.03. The van der Waals surface area contributed by atoms with E-state index in [4.69, 9.17) is 21.1 Å². The van der Waals surface area contributed by atoms with Crippen molar-refractivity contribution in [2.24, 2.45) is 0 Å². The van der Waals surface area contributed by atoms with E-state index >= 15 is 0 Å². The molecule has 0 bridgehead atoms. The lowest BCUT2D eigenvalue weighted by atomic mass is 10.1. The first-order chi connectivity index (χ1) is 16.9. The number of carbonyl (C=O) groups is 1. The number of carbonyl (C=O) groups excluding carboxylic acids is 1. The van der Waals surface area contributed by atoms with Gasteiger partial charge in [0.25, 0.3) is 11.6 Å². The molecule has 1 N–H and O–H groups in total. The minimum absolute atomic E-state index is 0.197. The summed E-state index contributed by atoms with van der Waals surface area (Å²) in [4.78, 5) is 23.6. The van der Waals surface area contributed by atoms with E-state index in [1.807, 2.05) is 37.3 Å². The summed E-state index contributed by atoms with van der Waals surface area (Å²) >= 11 is 6.10. The molecule has 0 fully saturated rings. The Kier molecular flexibility index (Phi) is 7.28. The summed E-state index contributed by atoms with van der Waals surface area (Å²) in [7, 11) is 0. The lowest BCUT2D eigenvalue weighted by molar-refractivity contribution is -0.384. The molecule has 7 nitrogen and oxygen atoms in total. The number of anilines is 1. The molecular formula is C27H21ClN2O5. The predicted molar refractivity (Wildman–Crippen MR) is 135 cm³/mol. The molecule has 1 amide bonds. The number of ether oxygens (including phenoxy) is 2. The average Bonchev–Trinajstić information content (AvgIpc) is 2.83. The van der Waals surface area contributed by atoms with Crippen molar-refractivity contribution in [3.8, 4) is 17.2 Å². The van der Waals surface area contributed by atoms with Crippen molar-refractivity contribution in [1.82, 2.24) is 0 Å². The maximum atomic E-state index is 12.8. The number of nitrogens with zero attached hydrogens (tertiary/aromatic N) is 1. The van der Waals surface area contributed by atoms with E-state index in [2.05, 4.69) is 5.32 Å².